The van der Waals surface area contributed by atoms with Crippen LogP contribution in [0.3, 0.4) is 0 Å². The summed E-state index contributed by atoms with van der Waals surface area (Å²) in [6.07, 6.45) is 6.69. The van der Waals surface area contributed by atoms with Gasteiger partial charge in [-0.3, -0.25) is 0 Å². The van der Waals surface area contributed by atoms with Crippen molar-refractivity contribution in [2.45, 2.75) is 149 Å². The van der Waals surface area contributed by atoms with Crippen LogP contribution < -0.4 is 30.9 Å². The van der Waals surface area contributed by atoms with E-state index in [1.54, 1.807) is 0 Å². The van der Waals surface area contributed by atoms with Crippen molar-refractivity contribution in [2.24, 2.45) is 0 Å². The zero-order chi connectivity index (χ0) is 36.4. The summed E-state index contributed by atoms with van der Waals surface area (Å²) < 4.78 is 6.99. The highest BCUT2D eigenvalue weighted by molar-refractivity contribution is 6.99. The lowest BCUT2D eigenvalue weighted by Crippen LogP contribution is -2.60. The molecule has 8 rings (SSSR count). The predicted octanol–water partition coefficient (Wildman–Crippen LogP) is 10.8. The maximum absolute atomic E-state index is 6.99. The molecule has 266 valence electrons. The van der Waals surface area contributed by atoms with Crippen LogP contribution in [0, 0.1) is 0 Å². The average Bonchev–Trinajstić information content (AvgIpc) is 3.26. The number of hydrogen-bond donors (Lipinski definition) is 0. The highest BCUT2D eigenvalue weighted by Crippen LogP contribution is 2.51. The fourth-order valence-electron chi connectivity index (χ4n) is 9.46. The lowest BCUT2D eigenvalue weighted by Gasteiger charge is -2.42. The minimum absolute atomic E-state index is 0.0244. The van der Waals surface area contributed by atoms with Gasteiger partial charge in [-0.25, -0.2) is 0 Å². The van der Waals surface area contributed by atoms with E-state index in [-0.39, 0.29) is 28.4 Å². The Bertz CT molecular complexity index is 2030. The Balaban J connectivity index is 1.39. The molecule has 1 aliphatic carbocycles. The molecule has 4 aromatic rings. The molecular formula is C47H59BN2O. The normalized spacial score (nSPS) is 19.7. The second-order valence-electron chi connectivity index (χ2n) is 19.9. The first-order chi connectivity index (χ1) is 23.9. The van der Waals surface area contributed by atoms with Crippen LogP contribution in [-0.2, 0) is 21.7 Å². The van der Waals surface area contributed by atoms with Gasteiger partial charge in [0.2, 0.25) is 0 Å². The Labute approximate surface area is 308 Å². The molecule has 0 radical (unpaired) electrons. The summed E-state index contributed by atoms with van der Waals surface area (Å²) in [4.78, 5) is 5.38. The lowest BCUT2D eigenvalue weighted by molar-refractivity contribution is 0.357. The summed E-state index contributed by atoms with van der Waals surface area (Å²) in [7, 11) is 0. The first-order valence-corrected chi connectivity index (χ1v) is 19.7. The monoisotopic (exact) mass is 678 g/mol. The van der Waals surface area contributed by atoms with Gasteiger partial charge in [-0.1, -0.05) is 120 Å². The number of fused-ring (bicyclic) bond motifs is 5. The molecule has 0 amide bonds. The molecule has 3 nitrogen and oxygen atoms in total. The van der Waals surface area contributed by atoms with Crippen LogP contribution in [0.15, 0.2) is 66.7 Å². The highest BCUT2D eigenvalue weighted by atomic mass is 16.5. The van der Waals surface area contributed by atoms with Gasteiger partial charge in [-0.2, -0.15) is 0 Å². The van der Waals surface area contributed by atoms with Crippen molar-refractivity contribution < 1.29 is 4.74 Å². The van der Waals surface area contributed by atoms with Gasteiger partial charge in [0, 0.05) is 40.2 Å². The first kappa shape index (κ1) is 34.4. The molecule has 1 saturated carbocycles. The molecule has 4 aliphatic rings. The van der Waals surface area contributed by atoms with Gasteiger partial charge in [-0.05, 0) is 117 Å². The second kappa shape index (κ2) is 11.4. The molecule has 3 aliphatic heterocycles. The molecule has 1 fully saturated rings. The van der Waals surface area contributed by atoms with E-state index in [1.807, 2.05) is 0 Å². The zero-order valence-corrected chi connectivity index (χ0v) is 33.4. The third-order valence-electron chi connectivity index (χ3n) is 13.0. The van der Waals surface area contributed by atoms with E-state index >= 15 is 0 Å². The Morgan fingerprint density at radius 3 is 1.88 bits per heavy atom. The van der Waals surface area contributed by atoms with Gasteiger partial charge in [0.15, 0.2) is 0 Å². The molecule has 51 heavy (non-hydrogen) atoms. The Kier molecular flexibility index (Phi) is 7.71. The van der Waals surface area contributed by atoms with Crippen molar-refractivity contribution in [3.05, 3.63) is 89.0 Å². The fourth-order valence-corrected chi connectivity index (χ4v) is 9.46. The maximum atomic E-state index is 6.99. The summed E-state index contributed by atoms with van der Waals surface area (Å²) in [5, 5.41) is 0. The molecule has 0 saturated heterocycles. The van der Waals surface area contributed by atoms with Crippen LogP contribution in [0.5, 0.6) is 11.5 Å². The van der Waals surface area contributed by atoms with Gasteiger partial charge >= 0.3 is 0 Å². The number of benzene rings is 4. The summed E-state index contributed by atoms with van der Waals surface area (Å²) in [6, 6.07) is 27.6. The largest absolute Gasteiger partial charge is 0.458 e. The van der Waals surface area contributed by atoms with E-state index in [0.29, 0.717) is 12.1 Å². The highest BCUT2D eigenvalue weighted by Gasteiger charge is 2.47. The fraction of sp³-hybridized carbons (Fsp3) is 0.489. The standard InChI is InChI=1S/C47H59BN2O/c1-29-47(11,12)35-28-34(20-22-38(35)49(29)33-16-14-13-15-17-33)50-39-21-18-30(44(2,3)4)24-36(39)48-37-25-31(45(5,6)7)19-23-41(37)51-42-27-32(46(8,9)10)26-40(50)43(42)48/h18-29,33H,13-17H2,1-12H3. The van der Waals surface area contributed by atoms with Gasteiger partial charge in [0.1, 0.15) is 11.5 Å². The van der Waals surface area contributed by atoms with Gasteiger partial charge in [0.25, 0.3) is 6.71 Å². The van der Waals surface area contributed by atoms with Crippen molar-refractivity contribution >= 4 is 45.9 Å². The van der Waals surface area contributed by atoms with Crippen LogP contribution in [0.25, 0.3) is 0 Å². The van der Waals surface area contributed by atoms with E-state index in [0.717, 1.165) is 11.5 Å². The minimum Gasteiger partial charge on any atom is -0.458 e. The van der Waals surface area contributed by atoms with E-state index in [1.165, 1.54) is 93.5 Å². The van der Waals surface area contributed by atoms with Crippen molar-refractivity contribution in [3.63, 3.8) is 0 Å². The van der Waals surface area contributed by atoms with E-state index < -0.39 is 0 Å². The number of ether oxygens (including phenoxy) is 1. The molecule has 1 atom stereocenters. The maximum Gasteiger partial charge on any atom is 0.256 e. The second-order valence-corrected chi connectivity index (χ2v) is 19.9. The minimum atomic E-state index is -0.0430. The SMILES string of the molecule is CC1N(C2CCCCC2)c2ccc(N3c4ccc(C(C)(C)C)cc4B4c5cc(C(C)(C)C)ccc5Oc5cc(C(C)(C)C)cc3c54)cc2C1(C)C. The van der Waals surface area contributed by atoms with Crippen molar-refractivity contribution in [3.8, 4) is 11.5 Å². The lowest BCUT2D eigenvalue weighted by atomic mass is 9.33. The molecule has 0 spiro atoms. The molecule has 0 bridgehead atoms. The molecule has 0 aromatic heterocycles. The van der Waals surface area contributed by atoms with Crippen molar-refractivity contribution in [2.75, 3.05) is 9.80 Å². The molecule has 1 unspecified atom stereocenters. The number of hydrogen-bond acceptors (Lipinski definition) is 3. The Morgan fingerprint density at radius 1 is 0.627 bits per heavy atom. The number of anilines is 4. The van der Waals surface area contributed by atoms with Crippen LogP contribution in [0.2, 0.25) is 0 Å². The predicted molar refractivity (Wildman–Crippen MR) is 220 cm³/mol. The molecule has 3 heterocycles. The first-order valence-electron chi connectivity index (χ1n) is 19.7. The summed E-state index contributed by atoms with van der Waals surface area (Å²) >= 11 is 0. The number of nitrogens with zero attached hydrogens (tertiary/aromatic N) is 2. The quantitative estimate of drug-likeness (QED) is 0.170. The van der Waals surface area contributed by atoms with Crippen molar-refractivity contribution in [1.29, 1.82) is 0 Å². The zero-order valence-electron chi connectivity index (χ0n) is 33.4. The van der Waals surface area contributed by atoms with E-state index in [9.17, 15) is 0 Å². The Morgan fingerprint density at radius 2 is 1.24 bits per heavy atom. The molecule has 4 heteroatoms. The van der Waals surface area contributed by atoms with Gasteiger partial charge in [-0.15, -0.1) is 0 Å². The molecule has 4 aromatic carbocycles. The number of rotatable bonds is 2. The van der Waals surface area contributed by atoms with Gasteiger partial charge in [0.05, 0.1) is 0 Å². The Hall–Kier alpha value is -3.66. The van der Waals surface area contributed by atoms with Crippen molar-refractivity contribution in [1.82, 2.24) is 0 Å². The smallest absolute Gasteiger partial charge is 0.256 e. The third kappa shape index (κ3) is 5.45. The van der Waals surface area contributed by atoms with Crippen LogP contribution in [-0.4, -0.2) is 18.8 Å². The van der Waals surface area contributed by atoms with Crippen LogP contribution >= 0.6 is 0 Å². The molecular weight excluding hydrogens is 619 g/mol. The average molecular weight is 679 g/mol. The van der Waals surface area contributed by atoms with E-state index in [4.69, 9.17) is 4.74 Å². The summed E-state index contributed by atoms with van der Waals surface area (Å²) in [6.45, 7) is 28.4. The van der Waals surface area contributed by atoms with Crippen LogP contribution in [0.1, 0.15) is 137 Å². The van der Waals surface area contributed by atoms with Crippen LogP contribution in [0.4, 0.5) is 22.7 Å². The summed E-state index contributed by atoms with van der Waals surface area (Å²) in [5.74, 6) is 1.97. The van der Waals surface area contributed by atoms with Gasteiger partial charge < -0.3 is 14.5 Å². The summed E-state index contributed by atoms with van der Waals surface area (Å²) in [5.41, 5.74) is 14.7. The molecule has 0 N–H and O–H groups in total. The third-order valence-corrected chi connectivity index (χ3v) is 13.0. The van der Waals surface area contributed by atoms with E-state index in [2.05, 4.69) is 160 Å². The topological polar surface area (TPSA) is 15.7 Å².